The van der Waals surface area contributed by atoms with Gasteiger partial charge in [0.1, 0.15) is 0 Å². The number of nitrogens with one attached hydrogen (secondary N) is 2. The summed E-state index contributed by atoms with van der Waals surface area (Å²) in [6.07, 6.45) is 0. The molecule has 0 saturated carbocycles. The topological polar surface area (TPSA) is 88.9 Å². The Bertz CT molecular complexity index is 944. The number of fused-ring (bicyclic) bond motifs is 1. The molecule has 3 heterocycles. The molecule has 2 amide bonds. The third kappa shape index (κ3) is 3.25. The van der Waals surface area contributed by atoms with Crippen molar-refractivity contribution in [2.75, 3.05) is 0 Å². The van der Waals surface area contributed by atoms with Gasteiger partial charge < -0.3 is 0 Å². The minimum absolute atomic E-state index is 0.223. The van der Waals surface area contributed by atoms with Gasteiger partial charge in [0.05, 0.1) is 27.2 Å². The highest BCUT2D eigenvalue weighted by Crippen LogP contribution is 2.29. The first-order valence-corrected chi connectivity index (χ1v) is 8.75. The number of nitrogens with zero attached hydrogens (tertiary/aromatic N) is 3. The van der Waals surface area contributed by atoms with E-state index in [9.17, 15) is 9.59 Å². The van der Waals surface area contributed by atoms with E-state index in [0.717, 1.165) is 4.88 Å². The van der Waals surface area contributed by atoms with Crippen molar-refractivity contribution in [2.24, 2.45) is 13.0 Å². The smallest absolute Gasteiger partial charge is 0.270 e. The number of hydrazine groups is 1. The molecule has 25 heavy (non-hydrogen) atoms. The van der Waals surface area contributed by atoms with Crippen LogP contribution in [0.2, 0.25) is 0 Å². The summed E-state index contributed by atoms with van der Waals surface area (Å²) in [7, 11) is 1.79. The zero-order valence-corrected chi connectivity index (χ0v) is 15.3. The minimum atomic E-state index is -0.393. The molecule has 0 fully saturated rings. The van der Waals surface area contributed by atoms with Gasteiger partial charge in [-0.05, 0) is 24.4 Å². The number of carbonyl (C=O) groups excluding carboxylic acids is 2. The zero-order chi connectivity index (χ0) is 18.1. The second-order valence-electron chi connectivity index (χ2n) is 6.04. The first-order valence-electron chi connectivity index (χ1n) is 7.87. The molecule has 0 atom stereocenters. The van der Waals surface area contributed by atoms with E-state index in [0.29, 0.717) is 28.0 Å². The van der Waals surface area contributed by atoms with Crippen LogP contribution in [0.1, 0.15) is 29.9 Å². The Balaban J connectivity index is 2.06. The van der Waals surface area contributed by atoms with E-state index in [1.807, 2.05) is 24.4 Å². The molecule has 7 nitrogen and oxygen atoms in total. The van der Waals surface area contributed by atoms with Crippen LogP contribution in [0.25, 0.3) is 21.6 Å². The fourth-order valence-corrected chi connectivity index (χ4v) is 3.19. The Morgan fingerprint density at radius 2 is 2.04 bits per heavy atom. The van der Waals surface area contributed by atoms with Gasteiger partial charge in [-0.15, -0.1) is 11.3 Å². The molecule has 2 N–H and O–H groups in total. The fourth-order valence-electron chi connectivity index (χ4n) is 2.50. The number of carbonyl (C=O) groups is 2. The Morgan fingerprint density at radius 3 is 2.68 bits per heavy atom. The van der Waals surface area contributed by atoms with Crippen molar-refractivity contribution >= 4 is 34.2 Å². The van der Waals surface area contributed by atoms with E-state index in [4.69, 9.17) is 0 Å². The van der Waals surface area contributed by atoms with Crippen LogP contribution in [-0.4, -0.2) is 26.6 Å². The molecule has 0 unspecified atom stereocenters. The molecule has 130 valence electrons. The number of aromatic nitrogens is 3. The molecule has 0 saturated heterocycles. The molecule has 8 heteroatoms. The zero-order valence-electron chi connectivity index (χ0n) is 14.5. The van der Waals surface area contributed by atoms with Crippen molar-refractivity contribution in [2.45, 2.75) is 20.8 Å². The van der Waals surface area contributed by atoms with Gasteiger partial charge in [0.2, 0.25) is 5.91 Å². The lowest BCUT2D eigenvalue weighted by Crippen LogP contribution is -2.43. The van der Waals surface area contributed by atoms with Crippen LogP contribution in [0.5, 0.6) is 0 Å². The molecule has 3 rings (SSSR count). The Hall–Kier alpha value is -2.74. The minimum Gasteiger partial charge on any atom is -0.273 e. The van der Waals surface area contributed by atoms with Crippen molar-refractivity contribution in [3.8, 4) is 10.6 Å². The maximum absolute atomic E-state index is 12.7. The maximum atomic E-state index is 12.7. The quantitative estimate of drug-likeness (QED) is 0.705. The molecule has 0 spiro atoms. The summed E-state index contributed by atoms with van der Waals surface area (Å²) < 4.78 is 1.66. The van der Waals surface area contributed by atoms with Gasteiger partial charge in [0.25, 0.3) is 5.91 Å². The van der Waals surface area contributed by atoms with E-state index < -0.39 is 5.91 Å². The Kier molecular flexibility index (Phi) is 4.54. The van der Waals surface area contributed by atoms with Gasteiger partial charge >= 0.3 is 0 Å². The van der Waals surface area contributed by atoms with Gasteiger partial charge in [-0.2, -0.15) is 5.10 Å². The SMILES string of the molecule is Cc1nn(C)c2nc(-c3cccs3)cc(C(=O)NNC(=O)C(C)C)c12. The van der Waals surface area contributed by atoms with Crippen molar-refractivity contribution in [1.82, 2.24) is 25.6 Å². The average Bonchev–Trinajstić information content (AvgIpc) is 3.20. The predicted molar refractivity (Wildman–Crippen MR) is 97.0 cm³/mol. The first-order chi connectivity index (χ1) is 11.9. The number of amides is 2. The van der Waals surface area contributed by atoms with Crippen LogP contribution in [-0.2, 0) is 11.8 Å². The number of hydrogen-bond donors (Lipinski definition) is 2. The van der Waals surface area contributed by atoms with Crippen LogP contribution in [0.3, 0.4) is 0 Å². The van der Waals surface area contributed by atoms with Crippen LogP contribution in [0, 0.1) is 12.8 Å². The molecule has 3 aromatic rings. The van der Waals surface area contributed by atoms with Gasteiger partial charge in [-0.1, -0.05) is 19.9 Å². The van der Waals surface area contributed by atoms with Crippen LogP contribution >= 0.6 is 11.3 Å². The Morgan fingerprint density at radius 1 is 1.28 bits per heavy atom. The second-order valence-corrected chi connectivity index (χ2v) is 6.99. The van der Waals surface area contributed by atoms with E-state index >= 15 is 0 Å². The summed E-state index contributed by atoms with van der Waals surface area (Å²) in [5, 5.41) is 7.01. The van der Waals surface area contributed by atoms with Crippen molar-refractivity contribution < 1.29 is 9.59 Å². The molecular weight excluding hydrogens is 338 g/mol. The third-order valence-corrected chi connectivity index (χ3v) is 4.70. The molecule has 0 radical (unpaired) electrons. The van der Waals surface area contributed by atoms with Crippen LogP contribution < -0.4 is 10.9 Å². The predicted octanol–water partition coefficient (Wildman–Crippen LogP) is 2.42. The lowest BCUT2D eigenvalue weighted by Gasteiger charge is -2.11. The highest BCUT2D eigenvalue weighted by molar-refractivity contribution is 7.13. The van der Waals surface area contributed by atoms with Crippen LogP contribution in [0.4, 0.5) is 0 Å². The molecule has 3 aromatic heterocycles. The lowest BCUT2D eigenvalue weighted by atomic mass is 10.1. The number of aryl methyl sites for hydroxylation is 2. The summed E-state index contributed by atoms with van der Waals surface area (Å²) in [6, 6.07) is 5.62. The molecule has 0 aromatic carbocycles. The molecule has 0 bridgehead atoms. The fraction of sp³-hybridized carbons (Fsp3) is 0.294. The largest absolute Gasteiger partial charge is 0.273 e. The molecule has 0 aliphatic carbocycles. The highest BCUT2D eigenvalue weighted by Gasteiger charge is 2.20. The van der Waals surface area contributed by atoms with Gasteiger partial charge in [0.15, 0.2) is 5.65 Å². The lowest BCUT2D eigenvalue weighted by molar-refractivity contribution is -0.124. The molecule has 0 aliphatic rings. The van der Waals surface area contributed by atoms with Crippen molar-refractivity contribution in [1.29, 1.82) is 0 Å². The number of thiophene rings is 1. The van der Waals surface area contributed by atoms with Crippen LogP contribution in [0.15, 0.2) is 23.6 Å². The first kappa shape index (κ1) is 17.1. The summed E-state index contributed by atoms with van der Waals surface area (Å²) in [5.74, 6) is -0.866. The van der Waals surface area contributed by atoms with E-state index in [1.54, 1.807) is 43.0 Å². The summed E-state index contributed by atoms with van der Waals surface area (Å²) in [6.45, 7) is 5.34. The van der Waals surface area contributed by atoms with Gasteiger partial charge in [-0.25, -0.2) is 4.98 Å². The van der Waals surface area contributed by atoms with E-state index in [-0.39, 0.29) is 11.8 Å². The van der Waals surface area contributed by atoms with E-state index in [2.05, 4.69) is 20.9 Å². The molecular formula is C17H19N5O2S. The second kappa shape index (κ2) is 6.64. The standard InChI is InChI=1S/C17H19N5O2S/c1-9(2)16(23)19-20-17(24)11-8-12(13-6-5-7-25-13)18-15-14(11)10(3)21-22(15)4/h5-9H,1-4H3,(H,19,23)(H,20,24). The Labute approximate surface area is 149 Å². The number of rotatable bonds is 3. The summed E-state index contributed by atoms with van der Waals surface area (Å²) in [5.41, 5.74) is 7.40. The average molecular weight is 357 g/mol. The highest BCUT2D eigenvalue weighted by atomic mass is 32.1. The third-order valence-electron chi connectivity index (χ3n) is 3.81. The number of pyridine rings is 1. The van der Waals surface area contributed by atoms with Gasteiger partial charge in [-0.3, -0.25) is 25.1 Å². The normalized spacial score (nSPS) is 11.1. The monoisotopic (exact) mass is 357 g/mol. The molecule has 0 aliphatic heterocycles. The number of hydrogen-bond acceptors (Lipinski definition) is 5. The van der Waals surface area contributed by atoms with Gasteiger partial charge in [0, 0.05) is 13.0 Å². The summed E-state index contributed by atoms with van der Waals surface area (Å²) in [4.78, 5) is 30.0. The van der Waals surface area contributed by atoms with Crippen molar-refractivity contribution in [3.63, 3.8) is 0 Å². The maximum Gasteiger partial charge on any atom is 0.270 e. The van der Waals surface area contributed by atoms with Crippen molar-refractivity contribution in [3.05, 3.63) is 34.8 Å². The summed E-state index contributed by atoms with van der Waals surface area (Å²) >= 11 is 1.55. The van der Waals surface area contributed by atoms with E-state index in [1.165, 1.54) is 0 Å².